The van der Waals surface area contributed by atoms with Crippen LogP contribution < -0.4 is 9.47 Å². The zero-order valence-electron chi connectivity index (χ0n) is 19.8. The molecule has 0 amide bonds. The Hall–Kier alpha value is -4.25. The molecule has 5 heteroatoms. The Kier molecular flexibility index (Phi) is 6.15. The minimum absolute atomic E-state index is 0.345. The number of hydrogen-bond acceptors (Lipinski definition) is 3. The fourth-order valence-electron chi connectivity index (χ4n) is 4.68. The van der Waals surface area contributed by atoms with E-state index in [1.54, 1.807) is 0 Å². The van der Waals surface area contributed by atoms with Crippen LogP contribution in [0.25, 0.3) is 32.8 Å². The first-order valence-corrected chi connectivity index (χ1v) is 11.7. The predicted octanol–water partition coefficient (Wildman–Crippen LogP) is 7.60. The summed E-state index contributed by atoms with van der Waals surface area (Å²) in [6.07, 6.45) is -0.642. The molecule has 5 rings (SSSR count). The van der Waals surface area contributed by atoms with Crippen LogP contribution in [0, 0.1) is 13.8 Å². The van der Waals surface area contributed by atoms with Crippen LogP contribution in [0.5, 0.6) is 11.6 Å². The van der Waals surface area contributed by atoms with Crippen LogP contribution in [0.15, 0.2) is 84.9 Å². The Morgan fingerprint density at radius 1 is 0.886 bits per heavy atom. The molecule has 0 atom stereocenters. The van der Waals surface area contributed by atoms with Gasteiger partial charge < -0.3 is 19.1 Å². The maximum atomic E-state index is 11.7. The van der Waals surface area contributed by atoms with Gasteiger partial charge in [0.05, 0.1) is 17.7 Å². The van der Waals surface area contributed by atoms with Gasteiger partial charge >= 0.3 is 6.16 Å². The predicted molar refractivity (Wildman–Crippen MR) is 140 cm³/mol. The molecule has 1 aromatic heterocycles. The number of para-hydroxylation sites is 1. The summed E-state index contributed by atoms with van der Waals surface area (Å²) in [6, 6.07) is 28.3. The average molecular weight is 466 g/mol. The van der Waals surface area contributed by atoms with Crippen molar-refractivity contribution in [2.75, 3.05) is 6.61 Å². The van der Waals surface area contributed by atoms with Gasteiger partial charge in [0.2, 0.25) is 5.88 Å². The Balaban J connectivity index is 1.49. The highest BCUT2D eigenvalue weighted by Gasteiger charge is 2.23. The third kappa shape index (κ3) is 4.45. The Labute approximate surface area is 204 Å². The summed E-state index contributed by atoms with van der Waals surface area (Å²) in [5, 5.41) is 12.8. The Morgan fingerprint density at radius 3 is 2.46 bits per heavy atom. The number of aromatic nitrogens is 1. The van der Waals surface area contributed by atoms with E-state index < -0.39 is 6.16 Å². The van der Waals surface area contributed by atoms with Crippen LogP contribution in [0.3, 0.4) is 0 Å². The first-order valence-electron chi connectivity index (χ1n) is 11.7. The number of carbonyl (C=O) groups is 1. The van der Waals surface area contributed by atoms with Gasteiger partial charge in [-0.1, -0.05) is 78.4 Å². The largest absolute Gasteiger partial charge is 0.512 e. The molecule has 0 radical (unpaired) electrons. The fraction of sp³-hybridized carbons (Fsp3) is 0.167. The van der Waals surface area contributed by atoms with Crippen molar-refractivity contribution in [2.45, 2.75) is 26.8 Å². The van der Waals surface area contributed by atoms with E-state index in [2.05, 4.69) is 36.4 Å². The molecule has 0 aliphatic heterocycles. The van der Waals surface area contributed by atoms with Crippen LogP contribution in [0.1, 0.15) is 17.5 Å². The normalized spacial score (nSPS) is 11.1. The second-order valence-corrected chi connectivity index (χ2v) is 8.71. The summed E-state index contributed by atoms with van der Waals surface area (Å²) in [5.41, 5.74) is 4.88. The van der Waals surface area contributed by atoms with Gasteiger partial charge in [-0.2, -0.15) is 0 Å². The van der Waals surface area contributed by atoms with Crippen LogP contribution in [0.4, 0.5) is 4.79 Å². The Morgan fingerprint density at radius 2 is 1.63 bits per heavy atom. The van der Waals surface area contributed by atoms with Crippen molar-refractivity contribution in [1.82, 2.24) is 4.57 Å². The van der Waals surface area contributed by atoms with E-state index in [-0.39, 0.29) is 0 Å². The quantitative estimate of drug-likeness (QED) is 0.199. The number of benzene rings is 4. The van der Waals surface area contributed by atoms with Gasteiger partial charge in [-0.15, -0.1) is 0 Å². The molecule has 0 saturated carbocycles. The molecule has 1 heterocycles. The lowest BCUT2D eigenvalue weighted by molar-refractivity contribution is 0.141. The van der Waals surface area contributed by atoms with Crippen molar-refractivity contribution in [2.24, 2.45) is 0 Å². The van der Waals surface area contributed by atoms with E-state index >= 15 is 0 Å². The molecule has 5 aromatic rings. The maximum absolute atomic E-state index is 11.7. The third-order valence-electron chi connectivity index (χ3n) is 6.30. The second-order valence-electron chi connectivity index (χ2n) is 8.71. The number of carboxylic acid groups (broad SMARTS) is 1. The topological polar surface area (TPSA) is 60.7 Å². The second kappa shape index (κ2) is 9.55. The lowest BCUT2D eigenvalue weighted by atomic mass is 9.97. The Bertz CT molecular complexity index is 1530. The lowest BCUT2D eigenvalue weighted by Gasteiger charge is -2.13. The van der Waals surface area contributed by atoms with Crippen molar-refractivity contribution in [3.05, 3.63) is 96.1 Å². The first-order chi connectivity index (χ1) is 17.0. The number of nitrogens with zero attached hydrogens (tertiary/aromatic N) is 1. The van der Waals surface area contributed by atoms with Crippen LogP contribution >= 0.6 is 0 Å². The molecule has 0 aliphatic carbocycles. The van der Waals surface area contributed by atoms with Gasteiger partial charge in [0.1, 0.15) is 5.75 Å². The molecule has 5 nitrogen and oxygen atoms in total. The molecule has 176 valence electrons. The highest BCUT2D eigenvalue weighted by Crippen LogP contribution is 2.42. The molecule has 35 heavy (non-hydrogen) atoms. The van der Waals surface area contributed by atoms with E-state index in [0.29, 0.717) is 25.5 Å². The van der Waals surface area contributed by atoms with Crippen molar-refractivity contribution >= 4 is 27.8 Å². The van der Waals surface area contributed by atoms with Gasteiger partial charge in [-0.05, 0) is 48.9 Å². The highest BCUT2D eigenvalue weighted by molar-refractivity contribution is 6.01. The number of aryl methyl sites for hydroxylation is 3. The first kappa shape index (κ1) is 22.5. The molecule has 0 fully saturated rings. The molecule has 4 aromatic carbocycles. The summed E-state index contributed by atoms with van der Waals surface area (Å²) in [7, 11) is 0. The van der Waals surface area contributed by atoms with E-state index in [9.17, 15) is 9.90 Å². The number of hydrogen-bond donors (Lipinski definition) is 1. The van der Waals surface area contributed by atoms with Gasteiger partial charge in [-0.25, -0.2) is 4.79 Å². The molecule has 0 aliphatic rings. The molecular formula is C30H27NO4. The molecular weight excluding hydrogens is 438 g/mol. The molecule has 0 bridgehead atoms. The molecule has 0 unspecified atom stereocenters. The minimum atomic E-state index is -1.33. The summed E-state index contributed by atoms with van der Waals surface area (Å²) in [6.45, 7) is 5.11. The molecule has 0 spiro atoms. The smallest absolute Gasteiger partial charge is 0.493 e. The average Bonchev–Trinajstić information content (AvgIpc) is 3.15. The van der Waals surface area contributed by atoms with Crippen LogP contribution in [-0.4, -0.2) is 22.4 Å². The van der Waals surface area contributed by atoms with Gasteiger partial charge in [0.25, 0.3) is 0 Å². The van der Waals surface area contributed by atoms with Crippen molar-refractivity contribution in [3.8, 4) is 22.8 Å². The van der Waals surface area contributed by atoms with Crippen molar-refractivity contribution in [3.63, 3.8) is 0 Å². The SMILES string of the molecule is Cc1ccc(C)c(-c2c(OC(=O)O)n(CCCOc3cccc4ccccc34)c3ccccc23)c1. The van der Waals surface area contributed by atoms with Gasteiger partial charge in [0, 0.05) is 17.3 Å². The van der Waals surface area contributed by atoms with Gasteiger partial charge in [0.15, 0.2) is 0 Å². The number of rotatable bonds is 7. The summed E-state index contributed by atoms with van der Waals surface area (Å²) < 4.78 is 13.5. The monoisotopic (exact) mass is 465 g/mol. The maximum Gasteiger partial charge on any atom is 0.512 e. The van der Waals surface area contributed by atoms with E-state index in [4.69, 9.17) is 9.47 Å². The zero-order valence-corrected chi connectivity index (χ0v) is 19.8. The summed E-state index contributed by atoms with van der Waals surface area (Å²) >= 11 is 0. The standard InChI is InChI=1S/C30H27NO4/c1-20-15-16-21(2)25(19-20)28-24-12-5-6-13-26(24)31(29(28)35-30(32)33)17-8-18-34-27-14-7-10-22-9-3-4-11-23(22)27/h3-7,9-16,19H,8,17-18H2,1-2H3,(H,32,33). The van der Waals surface area contributed by atoms with Crippen molar-refractivity contribution < 1.29 is 19.4 Å². The number of ether oxygens (including phenoxy) is 2. The highest BCUT2D eigenvalue weighted by atomic mass is 16.7. The lowest BCUT2D eigenvalue weighted by Crippen LogP contribution is -2.11. The third-order valence-corrected chi connectivity index (χ3v) is 6.30. The van der Waals surface area contributed by atoms with Gasteiger partial charge in [-0.3, -0.25) is 0 Å². The van der Waals surface area contributed by atoms with Crippen LogP contribution in [-0.2, 0) is 6.54 Å². The van der Waals surface area contributed by atoms with Crippen LogP contribution in [0.2, 0.25) is 0 Å². The number of fused-ring (bicyclic) bond motifs is 2. The van der Waals surface area contributed by atoms with E-state index in [1.807, 2.05) is 66.9 Å². The van der Waals surface area contributed by atoms with E-state index in [1.165, 1.54) is 0 Å². The minimum Gasteiger partial charge on any atom is -0.493 e. The van der Waals surface area contributed by atoms with E-state index in [0.717, 1.165) is 49.7 Å². The molecule has 1 N–H and O–H groups in total. The summed E-state index contributed by atoms with van der Waals surface area (Å²) in [4.78, 5) is 11.7. The zero-order chi connectivity index (χ0) is 24.4. The van der Waals surface area contributed by atoms with Crippen molar-refractivity contribution in [1.29, 1.82) is 0 Å². The molecule has 0 saturated heterocycles. The fourth-order valence-corrected chi connectivity index (χ4v) is 4.68. The summed E-state index contributed by atoms with van der Waals surface area (Å²) in [5.74, 6) is 1.19.